The predicted octanol–water partition coefficient (Wildman–Crippen LogP) is 2.21. The smallest absolute Gasteiger partial charge is 0.204 e. The molecule has 3 aromatic rings. The normalized spacial score (nSPS) is 11.2. The first-order valence-corrected chi connectivity index (χ1v) is 5.86. The van der Waals surface area contributed by atoms with Crippen LogP contribution in [0.15, 0.2) is 39.5 Å². The highest BCUT2D eigenvalue weighted by atomic mass is 79.9. The maximum atomic E-state index is 5.62. The second-order valence-corrected chi connectivity index (χ2v) is 4.38. The molecule has 0 atom stereocenters. The molecule has 0 unspecified atom stereocenters. The van der Waals surface area contributed by atoms with Crippen LogP contribution >= 0.6 is 15.9 Å². The van der Waals surface area contributed by atoms with Gasteiger partial charge in [0, 0.05) is 12.7 Å². The Balaban J connectivity index is 2.22. The van der Waals surface area contributed by atoms with Gasteiger partial charge in [0.25, 0.3) is 0 Å². The molecule has 0 aliphatic heterocycles. The van der Waals surface area contributed by atoms with Crippen LogP contribution in [-0.2, 0) is 6.54 Å². The molecule has 0 aliphatic carbocycles. The molecule has 0 bridgehead atoms. The van der Waals surface area contributed by atoms with E-state index in [1.807, 2.05) is 34.9 Å². The number of halogens is 1. The van der Waals surface area contributed by atoms with Gasteiger partial charge in [0.2, 0.25) is 5.82 Å². The van der Waals surface area contributed by atoms with Gasteiger partial charge in [-0.25, -0.2) is 0 Å². The van der Waals surface area contributed by atoms with Gasteiger partial charge in [-0.05, 0) is 39.7 Å². The summed E-state index contributed by atoms with van der Waals surface area (Å²) in [7, 11) is 0. The minimum atomic E-state index is 0.482. The Morgan fingerprint density at radius 1 is 1.24 bits per heavy atom. The molecule has 6 heteroatoms. The molecule has 3 heterocycles. The van der Waals surface area contributed by atoms with Crippen molar-refractivity contribution in [2.75, 3.05) is 0 Å². The first-order chi connectivity index (χ1) is 8.28. The zero-order valence-electron chi connectivity index (χ0n) is 8.80. The highest BCUT2D eigenvalue weighted by molar-refractivity contribution is 9.10. The molecule has 17 heavy (non-hydrogen) atoms. The summed E-state index contributed by atoms with van der Waals surface area (Å²) >= 11 is 3.27. The van der Waals surface area contributed by atoms with E-state index >= 15 is 0 Å². The number of hydrogen-bond donors (Lipinski definition) is 1. The van der Waals surface area contributed by atoms with E-state index in [0.29, 0.717) is 22.8 Å². The highest BCUT2D eigenvalue weighted by Crippen LogP contribution is 2.24. The van der Waals surface area contributed by atoms with Crippen molar-refractivity contribution in [3.63, 3.8) is 0 Å². The molecule has 2 N–H and O–H groups in total. The lowest BCUT2D eigenvalue weighted by atomic mass is 10.3. The van der Waals surface area contributed by atoms with Gasteiger partial charge in [0.05, 0.1) is 0 Å². The predicted molar refractivity (Wildman–Crippen MR) is 66.3 cm³/mol. The van der Waals surface area contributed by atoms with Crippen LogP contribution in [0.25, 0.3) is 17.2 Å². The van der Waals surface area contributed by atoms with E-state index < -0.39 is 0 Å². The fraction of sp³-hybridized carbons (Fsp3) is 0.0909. The second-order valence-electron chi connectivity index (χ2n) is 3.60. The molecule has 0 aliphatic rings. The maximum absolute atomic E-state index is 5.62. The van der Waals surface area contributed by atoms with E-state index in [0.717, 1.165) is 11.2 Å². The topological polar surface area (TPSA) is 69.3 Å². The minimum Gasteiger partial charge on any atom is -0.446 e. The fourth-order valence-corrected chi connectivity index (χ4v) is 1.96. The zero-order valence-corrected chi connectivity index (χ0v) is 10.4. The van der Waals surface area contributed by atoms with E-state index in [-0.39, 0.29) is 0 Å². The summed E-state index contributed by atoms with van der Waals surface area (Å²) in [4.78, 5) is 0. The summed E-state index contributed by atoms with van der Waals surface area (Å²) in [6.45, 7) is 0.482. The number of aromatic nitrogens is 3. The molecule has 0 spiro atoms. The number of fused-ring (bicyclic) bond motifs is 1. The Morgan fingerprint density at radius 3 is 2.82 bits per heavy atom. The van der Waals surface area contributed by atoms with Crippen molar-refractivity contribution < 1.29 is 4.42 Å². The Kier molecular flexibility index (Phi) is 2.45. The van der Waals surface area contributed by atoms with Crippen molar-refractivity contribution in [1.82, 2.24) is 14.6 Å². The van der Waals surface area contributed by atoms with Crippen molar-refractivity contribution in [1.29, 1.82) is 0 Å². The zero-order chi connectivity index (χ0) is 11.8. The second kappa shape index (κ2) is 3.97. The Labute approximate surface area is 105 Å². The number of nitrogens with two attached hydrogens (primary N) is 1. The molecule has 0 fully saturated rings. The lowest BCUT2D eigenvalue weighted by Gasteiger charge is -1.99. The van der Waals surface area contributed by atoms with Crippen LogP contribution in [0.4, 0.5) is 0 Å². The first-order valence-electron chi connectivity index (χ1n) is 5.07. The summed E-state index contributed by atoms with van der Waals surface area (Å²) in [6, 6.07) is 7.49. The molecule has 5 nitrogen and oxygen atoms in total. The number of rotatable bonds is 2. The van der Waals surface area contributed by atoms with Gasteiger partial charge in [0.1, 0.15) is 0 Å². The van der Waals surface area contributed by atoms with Gasteiger partial charge in [-0.15, -0.1) is 10.2 Å². The molecule has 0 radical (unpaired) electrons. The largest absolute Gasteiger partial charge is 0.446 e. The van der Waals surface area contributed by atoms with Crippen molar-refractivity contribution in [3.05, 3.63) is 40.7 Å². The van der Waals surface area contributed by atoms with Crippen LogP contribution < -0.4 is 5.73 Å². The molecular formula is C11H9BrN4O. The van der Waals surface area contributed by atoms with Crippen molar-refractivity contribution in [2.45, 2.75) is 6.54 Å². The number of furan rings is 1. The molecule has 3 rings (SSSR count). The average molecular weight is 293 g/mol. The highest BCUT2D eigenvalue weighted by Gasteiger charge is 2.11. The summed E-state index contributed by atoms with van der Waals surface area (Å²) in [5.41, 5.74) is 7.40. The molecule has 86 valence electrons. The maximum Gasteiger partial charge on any atom is 0.204 e. The number of nitrogens with zero attached hydrogens (tertiary/aromatic N) is 3. The third kappa shape index (κ3) is 1.75. The van der Waals surface area contributed by atoms with E-state index in [2.05, 4.69) is 26.1 Å². The lowest BCUT2D eigenvalue weighted by Crippen LogP contribution is -1.98. The van der Waals surface area contributed by atoms with Crippen LogP contribution in [0, 0.1) is 0 Å². The molecule has 0 saturated heterocycles. The average Bonchev–Trinajstić information content (AvgIpc) is 2.93. The van der Waals surface area contributed by atoms with Crippen molar-refractivity contribution in [2.24, 2.45) is 5.73 Å². The molecule has 3 aromatic heterocycles. The van der Waals surface area contributed by atoms with Crippen LogP contribution in [-0.4, -0.2) is 14.6 Å². The number of hydrogen-bond acceptors (Lipinski definition) is 4. The van der Waals surface area contributed by atoms with Crippen LogP contribution in [0.1, 0.15) is 5.56 Å². The summed E-state index contributed by atoms with van der Waals surface area (Å²) in [5, 5.41) is 8.19. The monoisotopic (exact) mass is 292 g/mol. The fourth-order valence-electron chi connectivity index (χ4n) is 1.66. The van der Waals surface area contributed by atoms with Crippen molar-refractivity contribution >= 4 is 21.6 Å². The molecule has 0 amide bonds. The standard InChI is InChI=1S/C11H9BrN4O/c12-9-3-2-8(17-9)11-15-14-10-4-1-7(5-13)6-16(10)11/h1-4,6H,5,13H2. The third-order valence-electron chi connectivity index (χ3n) is 2.49. The van der Waals surface area contributed by atoms with Gasteiger partial charge in [-0.1, -0.05) is 6.07 Å². The molecule has 0 saturated carbocycles. The molecule has 0 aromatic carbocycles. The Hall–Kier alpha value is -1.66. The van der Waals surface area contributed by atoms with E-state index in [1.165, 1.54) is 0 Å². The van der Waals surface area contributed by atoms with Gasteiger partial charge < -0.3 is 10.2 Å². The Morgan fingerprint density at radius 2 is 2.12 bits per heavy atom. The van der Waals surface area contributed by atoms with E-state index in [1.54, 1.807) is 0 Å². The van der Waals surface area contributed by atoms with Gasteiger partial charge in [-0.2, -0.15) is 0 Å². The SMILES string of the molecule is NCc1ccc2nnc(-c3ccc(Br)o3)n2c1. The molecular weight excluding hydrogens is 284 g/mol. The van der Waals surface area contributed by atoms with Crippen LogP contribution in [0.3, 0.4) is 0 Å². The van der Waals surface area contributed by atoms with Crippen molar-refractivity contribution in [3.8, 4) is 11.6 Å². The van der Waals surface area contributed by atoms with E-state index in [4.69, 9.17) is 10.2 Å². The summed E-state index contributed by atoms with van der Waals surface area (Å²) in [5.74, 6) is 1.33. The van der Waals surface area contributed by atoms with Gasteiger partial charge in [-0.3, -0.25) is 4.40 Å². The minimum absolute atomic E-state index is 0.482. The number of pyridine rings is 1. The first kappa shape index (κ1) is 10.5. The third-order valence-corrected chi connectivity index (χ3v) is 2.92. The van der Waals surface area contributed by atoms with Crippen LogP contribution in [0.5, 0.6) is 0 Å². The van der Waals surface area contributed by atoms with Gasteiger partial charge >= 0.3 is 0 Å². The van der Waals surface area contributed by atoms with Gasteiger partial charge in [0.15, 0.2) is 16.1 Å². The Bertz CT molecular complexity index is 673. The van der Waals surface area contributed by atoms with Crippen LogP contribution in [0.2, 0.25) is 0 Å². The lowest BCUT2D eigenvalue weighted by molar-refractivity contribution is 0.550. The van der Waals surface area contributed by atoms with E-state index in [9.17, 15) is 0 Å². The summed E-state index contributed by atoms with van der Waals surface area (Å²) in [6.07, 6.45) is 1.92. The quantitative estimate of drug-likeness (QED) is 0.786. The summed E-state index contributed by atoms with van der Waals surface area (Å²) < 4.78 is 8.01.